The molecule has 0 aliphatic carbocycles. The van der Waals surface area contributed by atoms with Crippen LogP contribution in [0.5, 0.6) is 0 Å². The van der Waals surface area contributed by atoms with Crippen LogP contribution in [0.25, 0.3) is 10.9 Å². The van der Waals surface area contributed by atoms with Gasteiger partial charge in [0.05, 0.1) is 0 Å². The van der Waals surface area contributed by atoms with Crippen molar-refractivity contribution in [3.05, 3.63) is 47.1 Å². The van der Waals surface area contributed by atoms with Crippen LogP contribution in [-0.4, -0.2) is 52.3 Å². The number of nitrogens with zero attached hydrogens (tertiary/aromatic N) is 2. The smallest absolute Gasteiger partial charge is 0.328 e. The summed E-state index contributed by atoms with van der Waals surface area (Å²) in [5.74, 6) is -2.51. The van der Waals surface area contributed by atoms with E-state index in [4.69, 9.17) is 10.2 Å². The molecule has 2 aromatic rings. The predicted molar refractivity (Wildman–Crippen MR) is 92.6 cm³/mol. The molecule has 0 atom stereocenters. The predicted octanol–water partition coefficient (Wildman–Crippen LogP) is 2.68. The molecule has 2 N–H and O–H groups in total. The number of likely N-dealkylation sites (N-methyl/N-ethyl adjacent to an activating group) is 1. The second-order valence-electron chi connectivity index (χ2n) is 5.03. The molecular weight excluding hydrogens is 364 g/mol. The van der Waals surface area contributed by atoms with Crippen LogP contribution in [0.2, 0.25) is 0 Å². The van der Waals surface area contributed by atoms with E-state index in [1.54, 1.807) is 0 Å². The van der Waals surface area contributed by atoms with Crippen LogP contribution in [0.4, 0.5) is 0 Å². The molecule has 0 radical (unpaired) electrons. The highest BCUT2D eigenvalue weighted by molar-refractivity contribution is 9.10. The Bertz CT molecular complexity index is 691. The Morgan fingerprint density at radius 3 is 2.30 bits per heavy atom. The van der Waals surface area contributed by atoms with Gasteiger partial charge in [-0.1, -0.05) is 15.9 Å². The lowest BCUT2D eigenvalue weighted by Crippen LogP contribution is -2.17. The first-order valence-electron chi connectivity index (χ1n) is 6.82. The Labute approximate surface area is 142 Å². The third-order valence-corrected chi connectivity index (χ3v) is 3.38. The van der Waals surface area contributed by atoms with Gasteiger partial charge in [0, 0.05) is 46.8 Å². The molecule has 0 spiro atoms. The molecule has 1 heterocycles. The molecule has 23 heavy (non-hydrogen) atoms. The fraction of sp³-hybridized carbons (Fsp3) is 0.250. The Morgan fingerprint density at radius 2 is 1.78 bits per heavy atom. The molecule has 6 nitrogen and oxygen atoms in total. The van der Waals surface area contributed by atoms with Crippen molar-refractivity contribution in [2.45, 2.75) is 6.54 Å². The van der Waals surface area contributed by atoms with E-state index < -0.39 is 11.9 Å². The third-order valence-electron chi connectivity index (χ3n) is 2.89. The number of carboxylic acids is 2. The van der Waals surface area contributed by atoms with Crippen molar-refractivity contribution in [2.75, 3.05) is 20.6 Å². The summed E-state index contributed by atoms with van der Waals surface area (Å²) in [4.78, 5) is 21.3. The lowest BCUT2D eigenvalue weighted by atomic mass is 10.2. The molecule has 0 saturated heterocycles. The summed E-state index contributed by atoms with van der Waals surface area (Å²) in [7, 11) is 4.20. The minimum atomic E-state index is -1.26. The van der Waals surface area contributed by atoms with Crippen LogP contribution in [0, 0.1) is 0 Å². The van der Waals surface area contributed by atoms with Gasteiger partial charge in [-0.25, -0.2) is 9.59 Å². The number of fused-ring (bicyclic) bond motifs is 1. The molecular formula is C16H19BrN2O4. The number of aliphatic carboxylic acids is 2. The van der Waals surface area contributed by atoms with E-state index in [1.165, 1.54) is 10.9 Å². The summed E-state index contributed by atoms with van der Waals surface area (Å²) in [5.41, 5.74) is 1.31. The Morgan fingerprint density at radius 1 is 1.17 bits per heavy atom. The molecule has 0 unspecified atom stereocenters. The van der Waals surface area contributed by atoms with Gasteiger partial charge in [-0.3, -0.25) is 0 Å². The summed E-state index contributed by atoms with van der Waals surface area (Å²) >= 11 is 3.49. The number of carboxylic acid groups (broad SMARTS) is 2. The fourth-order valence-corrected chi connectivity index (χ4v) is 2.20. The fourth-order valence-electron chi connectivity index (χ4n) is 1.82. The zero-order chi connectivity index (χ0) is 17.4. The maximum Gasteiger partial charge on any atom is 0.328 e. The maximum absolute atomic E-state index is 9.55. The Hall–Kier alpha value is -2.12. The normalized spacial score (nSPS) is 10.8. The minimum absolute atomic E-state index is 0.558. The second-order valence-corrected chi connectivity index (χ2v) is 5.94. The first-order valence-corrected chi connectivity index (χ1v) is 7.62. The molecule has 0 saturated carbocycles. The molecule has 124 valence electrons. The van der Waals surface area contributed by atoms with Gasteiger partial charge >= 0.3 is 11.9 Å². The third kappa shape index (κ3) is 7.12. The van der Waals surface area contributed by atoms with Gasteiger partial charge in [0.1, 0.15) is 0 Å². The number of carbonyl (C=O) groups is 2. The van der Waals surface area contributed by atoms with Crippen LogP contribution in [-0.2, 0) is 16.1 Å². The van der Waals surface area contributed by atoms with Crippen molar-refractivity contribution < 1.29 is 19.8 Å². The van der Waals surface area contributed by atoms with Crippen molar-refractivity contribution in [1.29, 1.82) is 0 Å². The topological polar surface area (TPSA) is 82.8 Å². The lowest BCUT2D eigenvalue weighted by Gasteiger charge is -2.11. The largest absolute Gasteiger partial charge is 0.478 e. The van der Waals surface area contributed by atoms with E-state index in [1.807, 2.05) is 0 Å². The van der Waals surface area contributed by atoms with E-state index in [2.05, 4.69) is 70.0 Å². The van der Waals surface area contributed by atoms with E-state index in [0.717, 1.165) is 17.6 Å². The Kier molecular flexibility index (Phi) is 7.50. The zero-order valence-corrected chi connectivity index (χ0v) is 14.5. The lowest BCUT2D eigenvalue weighted by molar-refractivity contribution is -0.134. The molecule has 7 heteroatoms. The molecule has 1 aromatic heterocycles. The number of rotatable bonds is 5. The number of hydrogen-bond donors (Lipinski definition) is 2. The number of aromatic nitrogens is 1. The number of halogens is 1. The van der Waals surface area contributed by atoms with Crippen LogP contribution < -0.4 is 0 Å². The molecule has 0 amide bonds. The Balaban J connectivity index is 0.000000284. The van der Waals surface area contributed by atoms with Gasteiger partial charge < -0.3 is 19.7 Å². The van der Waals surface area contributed by atoms with E-state index >= 15 is 0 Å². The first-order chi connectivity index (χ1) is 10.8. The minimum Gasteiger partial charge on any atom is -0.478 e. The van der Waals surface area contributed by atoms with E-state index in [0.29, 0.717) is 12.2 Å². The van der Waals surface area contributed by atoms with Crippen LogP contribution in [0.1, 0.15) is 0 Å². The second kappa shape index (κ2) is 9.12. The summed E-state index contributed by atoms with van der Waals surface area (Å²) in [6.07, 6.45) is 3.27. The maximum atomic E-state index is 9.55. The summed E-state index contributed by atoms with van der Waals surface area (Å²) in [6, 6.07) is 8.57. The average molecular weight is 383 g/mol. The average Bonchev–Trinajstić information content (AvgIpc) is 2.85. The molecule has 0 fully saturated rings. The summed E-state index contributed by atoms with van der Waals surface area (Å²) in [6.45, 7) is 2.11. The molecule has 0 bridgehead atoms. The van der Waals surface area contributed by atoms with Crippen LogP contribution in [0.3, 0.4) is 0 Å². The van der Waals surface area contributed by atoms with Gasteiger partial charge in [-0.05, 0) is 38.4 Å². The van der Waals surface area contributed by atoms with Gasteiger partial charge in [0.2, 0.25) is 0 Å². The standard InChI is InChI=1S/C12H15BrN2.C4H4O4/c1-14(2)7-8-15-6-5-10-9-11(13)3-4-12(10)15;5-3(6)1-2-4(7)8/h3-6,9H,7-8H2,1-2H3;1-2H,(H,5,6)(H,7,8)/b;2-1+. The molecule has 0 aliphatic heterocycles. The van der Waals surface area contributed by atoms with Crippen molar-refractivity contribution in [1.82, 2.24) is 9.47 Å². The van der Waals surface area contributed by atoms with Crippen molar-refractivity contribution in [3.63, 3.8) is 0 Å². The highest BCUT2D eigenvalue weighted by atomic mass is 79.9. The molecule has 1 aromatic carbocycles. The van der Waals surface area contributed by atoms with E-state index in [-0.39, 0.29) is 0 Å². The van der Waals surface area contributed by atoms with E-state index in [9.17, 15) is 9.59 Å². The first kappa shape index (κ1) is 18.9. The van der Waals surface area contributed by atoms with Gasteiger partial charge in [-0.2, -0.15) is 0 Å². The quantitative estimate of drug-likeness (QED) is 0.776. The number of hydrogen-bond acceptors (Lipinski definition) is 3. The van der Waals surface area contributed by atoms with Gasteiger partial charge in [0.15, 0.2) is 0 Å². The van der Waals surface area contributed by atoms with Gasteiger partial charge in [-0.15, -0.1) is 0 Å². The highest BCUT2D eigenvalue weighted by Crippen LogP contribution is 2.20. The van der Waals surface area contributed by atoms with Gasteiger partial charge in [0.25, 0.3) is 0 Å². The van der Waals surface area contributed by atoms with Crippen molar-refractivity contribution in [2.24, 2.45) is 0 Å². The zero-order valence-electron chi connectivity index (χ0n) is 12.9. The molecule has 2 rings (SSSR count). The van der Waals surface area contributed by atoms with Crippen molar-refractivity contribution in [3.8, 4) is 0 Å². The summed E-state index contributed by atoms with van der Waals surface area (Å²) in [5, 5.41) is 16.9. The molecule has 0 aliphatic rings. The van der Waals surface area contributed by atoms with Crippen molar-refractivity contribution >= 4 is 38.8 Å². The number of benzene rings is 1. The van der Waals surface area contributed by atoms with Crippen LogP contribution >= 0.6 is 15.9 Å². The summed E-state index contributed by atoms with van der Waals surface area (Å²) < 4.78 is 3.43. The SMILES string of the molecule is CN(C)CCn1ccc2cc(Br)ccc21.O=C(O)/C=C/C(=O)O. The van der Waals surface area contributed by atoms with Crippen LogP contribution in [0.15, 0.2) is 47.1 Å². The highest BCUT2D eigenvalue weighted by Gasteiger charge is 2.01. The monoisotopic (exact) mass is 382 g/mol.